The quantitative estimate of drug-likeness (QED) is 0.844. The Morgan fingerprint density at radius 2 is 2.35 bits per heavy atom. The average molecular weight is 250 g/mol. The lowest BCUT2D eigenvalue weighted by Gasteiger charge is -2.00. The van der Waals surface area contributed by atoms with Gasteiger partial charge in [0.2, 0.25) is 0 Å². The highest BCUT2D eigenvalue weighted by Gasteiger charge is 2.18. The zero-order valence-corrected chi connectivity index (χ0v) is 9.90. The summed E-state index contributed by atoms with van der Waals surface area (Å²) in [5, 5.41) is 14.8. The van der Waals surface area contributed by atoms with Crippen LogP contribution in [0.15, 0.2) is 17.6 Å². The molecule has 0 amide bonds. The van der Waals surface area contributed by atoms with E-state index < -0.39 is 5.97 Å². The van der Waals surface area contributed by atoms with Gasteiger partial charge >= 0.3 is 5.97 Å². The summed E-state index contributed by atoms with van der Waals surface area (Å²) in [5.74, 6) is -0.990. The van der Waals surface area contributed by atoms with Crippen LogP contribution in [-0.2, 0) is 6.54 Å². The molecule has 5 nitrogen and oxygen atoms in total. The van der Waals surface area contributed by atoms with Crippen molar-refractivity contribution in [1.29, 1.82) is 0 Å². The van der Waals surface area contributed by atoms with E-state index in [2.05, 4.69) is 5.10 Å². The summed E-state index contributed by atoms with van der Waals surface area (Å²) in [6.07, 6.45) is 2.23. The number of rotatable bonds is 4. The minimum Gasteiger partial charge on any atom is -0.477 e. The van der Waals surface area contributed by atoms with Gasteiger partial charge in [0.15, 0.2) is 6.29 Å². The number of carboxylic acid groups (broad SMARTS) is 1. The predicted molar refractivity (Wildman–Crippen MR) is 63.6 cm³/mol. The SMILES string of the molecule is CCn1ncc(-c2ccsc2C(=O)O)c1C=O. The third-order valence-electron chi connectivity index (χ3n) is 2.44. The minimum absolute atomic E-state index is 0.226. The van der Waals surface area contributed by atoms with Crippen LogP contribution in [-0.4, -0.2) is 27.1 Å². The van der Waals surface area contributed by atoms with Crippen LogP contribution in [0, 0.1) is 0 Å². The van der Waals surface area contributed by atoms with Crippen LogP contribution >= 0.6 is 11.3 Å². The summed E-state index contributed by atoms with van der Waals surface area (Å²) in [5.41, 5.74) is 1.53. The summed E-state index contributed by atoms with van der Waals surface area (Å²) in [7, 11) is 0. The molecule has 0 radical (unpaired) electrons. The van der Waals surface area contributed by atoms with Gasteiger partial charge in [-0.05, 0) is 18.4 Å². The molecule has 0 spiro atoms. The van der Waals surface area contributed by atoms with E-state index in [-0.39, 0.29) is 4.88 Å². The lowest BCUT2D eigenvalue weighted by molar-refractivity contribution is 0.0702. The van der Waals surface area contributed by atoms with Gasteiger partial charge in [-0.1, -0.05) is 0 Å². The molecule has 0 unspecified atom stereocenters. The first-order valence-corrected chi connectivity index (χ1v) is 5.89. The fourth-order valence-electron chi connectivity index (χ4n) is 1.67. The molecule has 2 heterocycles. The smallest absolute Gasteiger partial charge is 0.346 e. The summed E-state index contributed by atoms with van der Waals surface area (Å²) in [4.78, 5) is 22.3. The van der Waals surface area contributed by atoms with Crippen molar-refractivity contribution < 1.29 is 14.7 Å². The van der Waals surface area contributed by atoms with Crippen LogP contribution in [0.1, 0.15) is 27.1 Å². The van der Waals surface area contributed by atoms with E-state index in [9.17, 15) is 9.59 Å². The molecule has 88 valence electrons. The number of thiophene rings is 1. The van der Waals surface area contributed by atoms with Crippen LogP contribution in [0.4, 0.5) is 0 Å². The van der Waals surface area contributed by atoms with Crippen LogP contribution in [0.2, 0.25) is 0 Å². The monoisotopic (exact) mass is 250 g/mol. The fraction of sp³-hybridized carbons (Fsp3) is 0.182. The van der Waals surface area contributed by atoms with Crippen molar-refractivity contribution in [3.05, 3.63) is 28.2 Å². The molecule has 0 saturated carbocycles. The zero-order chi connectivity index (χ0) is 12.4. The van der Waals surface area contributed by atoms with Gasteiger partial charge in [0.1, 0.15) is 10.6 Å². The first kappa shape index (κ1) is 11.5. The second-order valence-corrected chi connectivity index (χ2v) is 4.26. The van der Waals surface area contributed by atoms with Crippen LogP contribution in [0.25, 0.3) is 11.1 Å². The lowest BCUT2D eigenvalue weighted by Crippen LogP contribution is -2.02. The molecular weight excluding hydrogens is 240 g/mol. The van der Waals surface area contributed by atoms with E-state index in [4.69, 9.17) is 5.11 Å². The molecule has 0 fully saturated rings. The molecular formula is C11H10N2O3S. The van der Waals surface area contributed by atoms with Gasteiger partial charge in [-0.3, -0.25) is 9.48 Å². The zero-order valence-electron chi connectivity index (χ0n) is 9.08. The van der Waals surface area contributed by atoms with Crippen molar-refractivity contribution in [2.75, 3.05) is 0 Å². The summed E-state index contributed by atoms with van der Waals surface area (Å²) in [6.45, 7) is 2.44. The number of aromatic nitrogens is 2. The third-order valence-corrected chi connectivity index (χ3v) is 3.34. The number of aromatic carboxylic acids is 1. The molecule has 0 saturated heterocycles. The average Bonchev–Trinajstić information content (AvgIpc) is 2.93. The van der Waals surface area contributed by atoms with Crippen LogP contribution < -0.4 is 0 Å². The highest BCUT2D eigenvalue weighted by Crippen LogP contribution is 2.30. The maximum absolute atomic E-state index is 11.0. The maximum Gasteiger partial charge on any atom is 0.346 e. The van der Waals surface area contributed by atoms with Gasteiger partial charge in [-0.25, -0.2) is 4.79 Å². The molecule has 0 atom stereocenters. The largest absolute Gasteiger partial charge is 0.477 e. The van der Waals surface area contributed by atoms with Crippen LogP contribution in [0.3, 0.4) is 0 Å². The molecule has 0 aliphatic heterocycles. The summed E-state index contributed by atoms with van der Waals surface area (Å²) in [6, 6.07) is 1.69. The molecule has 17 heavy (non-hydrogen) atoms. The first-order chi connectivity index (χ1) is 8.19. The summed E-state index contributed by atoms with van der Waals surface area (Å²) < 4.78 is 1.55. The number of nitrogens with zero attached hydrogens (tertiary/aromatic N) is 2. The number of hydrogen-bond acceptors (Lipinski definition) is 4. The number of carboxylic acids is 1. The lowest BCUT2D eigenvalue weighted by atomic mass is 10.1. The highest BCUT2D eigenvalue weighted by molar-refractivity contribution is 7.12. The molecule has 1 N–H and O–H groups in total. The van der Waals surface area contributed by atoms with Crippen molar-refractivity contribution in [2.45, 2.75) is 13.5 Å². The van der Waals surface area contributed by atoms with Crippen molar-refractivity contribution in [1.82, 2.24) is 9.78 Å². The standard InChI is InChI=1S/C11H10N2O3S/c1-2-13-9(6-14)8(5-12-13)7-3-4-17-10(7)11(15)16/h3-6H,2H2,1H3,(H,15,16). The Hall–Kier alpha value is -1.95. The Morgan fingerprint density at radius 1 is 1.59 bits per heavy atom. The van der Waals surface area contributed by atoms with Gasteiger partial charge in [-0.2, -0.15) is 5.10 Å². The number of hydrogen-bond donors (Lipinski definition) is 1. The van der Waals surface area contributed by atoms with Gasteiger partial charge in [0, 0.05) is 17.7 Å². The second-order valence-electron chi connectivity index (χ2n) is 3.35. The Morgan fingerprint density at radius 3 is 2.94 bits per heavy atom. The number of aryl methyl sites for hydroxylation is 1. The van der Waals surface area contributed by atoms with Crippen molar-refractivity contribution in [2.24, 2.45) is 0 Å². The fourth-order valence-corrected chi connectivity index (χ4v) is 2.41. The minimum atomic E-state index is -0.990. The molecule has 2 rings (SSSR count). The number of aldehydes is 1. The topological polar surface area (TPSA) is 72.2 Å². The van der Waals surface area contributed by atoms with E-state index in [1.54, 1.807) is 16.1 Å². The van der Waals surface area contributed by atoms with Gasteiger partial charge in [0.25, 0.3) is 0 Å². The highest BCUT2D eigenvalue weighted by atomic mass is 32.1. The van der Waals surface area contributed by atoms with E-state index in [1.165, 1.54) is 6.20 Å². The Labute approximate surface area is 101 Å². The van der Waals surface area contributed by atoms with Gasteiger partial charge < -0.3 is 5.11 Å². The van der Waals surface area contributed by atoms with E-state index >= 15 is 0 Å². The molecule has 2 aromatic rings. The van der Waals surface area contributed by atoms with Crippen molar-refractivity contribution in [3.8, 4) is 11.1 Å². The molecule has 2 aromatic heterocycles. The Bertz CT molecular complexity index is 571. The van der Waals surface area contributed by atoms with Gasteiger partial charge in [0.05, 0.1) is 6.20 Å². The summed E-state index contributed by atoms with van der Waals surface area (Å²) >= 11 is 1.14. The van der Waals surface area contributed by atoms with Crippen LogP contribution in [0.5, 0.6) is 0 Å². The Balaban J connectivity index is 2.60. The van der Waals surface area contributed by atoms with Gasteiger partial charge in [-0.15, -0.1) is 11.3 Å². The van der Waals surface area contributed by atoms with E-state index in [1.807, 2.05) is 6.92 Å². The van der Waals surface area contributed by atoms with Crippen molar-refractivity contribution in [3.63, 3.8) is 0 Å². The maximum atomic E-state index is 11.0. The first-order valence-electron chi connectivity index (χ1n) is 5.01. The predicted octanol–water partition coefficient (Wildman–Crippen LogP) is 2.14. The Kier molecular flexibility index (Phi) is 3.06. The molecule has 6 heteroatoms. The second kappa shape index (κ2) is 4.50. The number of carbonyl (C=O) groups excluding carboxylic acids is 1. The normalized spacial score (nSPS) is 10.4. The van der Waals surface area contributed by atoms with Crippen molar-refractivity contribution >= 4 is 23.6 Å². The molecule has 0 aromatic carbocycles. The van der Waals surface area contributed by atoms with E-state index in [0.29, 0.717) is 29.7 Å². The third kappa shape index (κ3) is 1.87. The number of carbonyl (C=O) groups is 2. The molecule has 0 aliphatic rings. The molecule has 0 aliphatic carbocycles. The molecule has 0 bridgehead atoms. The van der Waals surface area contributed by atoms with E-state index in [0.717, 1.165) is 11.3 Å².